The zero-order chi connectivity index (χ0) is 31.6. The van der Waals surface area contributed by atoms with E-state index in [9.17, 15) is 44.1 Å². The molecule has 0 aromatic carbocycles. The number of nitrogens with one attached hydrogen (secondary N) is 1. The second-order valence-electron chi connectivity index (χ2n) is 8.50. The number of carboxylic acids is 1. The van der Waals surface area contributed by atoms with Gasteiger partial charge < -0.3 is 16.2 Å². The Morgan fingerprint density at radius 2 is 1.80 bits per heavy atom. The summed E-state index contributed by atoms with van der Waals surface area (Å²) in [5, 5.41) is 9.52. The Kier molecular flexibility index (Phi) is 9.52. The molecule has 1 aliphatic rings. The molecule has 1 aliphatic heterocycles. The molecule has 0 bridgehead atoms. The van der Waals surface area contributed by atoms with Gasteiger partial charge in [0.05, 0.1) is 11.9 Å². The van der Waals surface area contributed by atoms with Gasteiger partial charge in [0.1, 0.15) is 50.8 Å². The molecule has 2 aromatic rings. The van der Waals surface area contributed by atoms with E-state index >= 15 is 0 Å². The fourth-order valence-electron chi connectivity index (χ4n) is 3.24. The van der Waals surface area contributed by atoms with Crippen molar-refractivity contribution < 1.29 is 54.0 Å². The maximum absolute atomic E-state index is 14.8. The number of halogens is 8. The Morgan fingerprint density at radius 1 is 1.22 bits per heavy atom. The third kappa shape index (κ3) is 8.44. The van der Waals surface area contributed by atoms with Crippen molar-refractivity contribution in [1.29, 1.82) is 0 Å². The maximum Gasteiger partial charge on any atom is 0.490 e. The molecule has 20 heteroatoms. The summed E-state index contributed by atoms with van der Waals surface area (Å²) >= 11 is 0. The van der Waals surface area contributed by atoms with Crippen molar-refractivity contribution in [3.8, 4) is 0 Å². The molecule has 226 valence electrons. The number of nitrogens with two attached hydrogens (primary N) is 1. The summed E-state index contributed by atoms with van der Waals surface area (Å²) in [6.45, 7) is 1.06. The minimum absolute atomic E-state index is 0.101. The zero-order valence-electron chi connectivity index (χ0n) is 21.1. The fourth-order valence-corrected chi connectivity index (χ4v) is 5.31. The number of amides is 1. The number of aliphatic imine (C=N–C) groups is 1. The molecule has 0 radical (unpaired) electrons. The number of hydrogen-bond acceptors (Lipinski definition) is 8. The molecular weight excluding hydrogens is 598 g/mol. The fraction of sp³-hybridized carbons (Fsp3) is 0.381. The van der Waals surface area contributed by atoms with Crippen LogP contribution in [0, 0.1) is 18.6 Å². The standard InChI is InChI=1S/C19H20F5N7O2S.C2HF3O2/c1-10-6-11(20)7-26-14(10)16(32)29-13-5-4-12(21)15(28-13)18(2)9-34(33,27-8-19(22,23)24)31(3)17(25)30-18;3-2(4,5)1(6)7/h4-7H,8-9H2,1-3H3,(H2,25,30)(H,28,29,32);(H,6,7)/t18-,34?;/m0./s1. The van der Waals surface area contributed by atoms with Crippen LogP contribution in [0.1, 0.15) is 28.7 Å². The highest BCUT2D eigenvalue weighted by atomic mass is 32.2. The highest BCUT2D eigenvalue weighted by molar-refractivity contribution is 7.92. The predicted octanol–water partition coefficient (Wildman–Crippen LogP) is 3.37. The van der Waals surface area contributed by atoms with E-state index in [0.29, 0.717) is 0 Å². The Hall–Kier alpha value is -4.10. The Bertz CT molecular complexity index is 1490. The average molecular weight is 619 g/mol. The molecule has 0 saturated carbocycles. The average Bonchev–Trinajstić information content (AvgIpc) is 2.82. The van der Waals surface area contributed by atoms with Gasteiger partial charge in [-0.3, -0.25) is 9.10 Å². The van der Waals surface area contributed by atoms with Gasteiger partial charge in [-0.25, -0.2) is 37.1 Å². The van der Waals surface area contributed by atoms with Crippen LogP contribution in [0.15, 0.2) is 33.8 Å². The van der Waals surface area contributed by atoms with Crippen molar-refractivity contribution in [2.24, 2.45) is 15.1 Å². The van der Waals surface area contributed by atoms with Gasteiger partial charge in [-0.15, -0.1) is 0 Å². The van der Waals surface area contributed by atoms with Gasteiger partial charge >= 0.3 is 18.3 Å². The van der Waals surface area contributed by atoms with Gasteiger partial charge in [-0.2, -0.15) is 26.3 Å². The van der Waals surface area contributed by atoms with Crippen LogP contribution in [0.2, 0.25) is 0 Å². The van der Waals surface area contributed by atoms with Crippen LogP contribution >= 0.6 is 0 Å². The van der Waals surface area contributed by atoms with Gasteiger partial charge in [0, 0.05) is 7.05 Å². The van der Waals surface area contributed by atoms with Crippen molar-refractivity contribution in [3.63, 3.8) is 0 Å². The summed E-state index contributed by atoms with van der Waals surface area (Å²) in [5.41, 5.74) is 3.73. The quantitative estimate of drug-likeness (QED) is 0.442. The lowest BCUT2D eigenvalue weighted by Crippen LogP contribution is -2.51. The first-order valence-corrected chi connectivity index (χ1v) is 12.5. The number of aromatic nitrogens is 2. The molecule has 2 aromatic heterocycles. The largest absolute Gasteiger partial charge is 0.490 e. The van der Waals surface area contributed by atoms with Crippen LogP contribution in [0.25, 0.3) is 0 Å². The lowest BCUT2D eigenvalue weighted by molar-refractivity contribution is -0.192. The molecular formula is C21H21F8N7O4S. The number of carboxylic acid groups (broad SMARTS) is 1. The minimum Gasteiger partial charge on any atom is -0.475 e. The summed E-state index contributed by atoms with van der Waals surface area (Å²) in [4.78, 5) is 33.3. The van der Waals surface area contributed by atoms with Crippen molar-refractivity contribution in [3.05, 3.63) is 53.0 Å². The lowest BCUT2D eigenvalue weighted by atomic mass is 10.00. The third-order valence-corrected chi connectivity index (χ3v) is 7.64. The van der Waals surface area contributed by atoms with Crippen molar-refractivity contribution in [1.82, 2.24) is 14.3 Å². The lowest BCUT2D eigenvalue weighted by Gasteiger charge is -2.36. The molecule has 0 fully saturated rings. The number of pyridine rings is 2. The van der Waals surface area contributed by atoms with Crippen molar-refractivity contribution in [2.75, 3.05) is 24.7 Å². The number of aliphatic carboxylic acids is 1. The molecule has 0 saturated heterocycles. The Morgan fingerprint density at radius 3 is 2.32 bits per heavy atom. The molecule has 41 heavy (non-hydrogen) atoms. The molecule has 3 rings (SSSR count). The number of carbonyl (C=O) groups is 2. The zero-order valence-corrected chi connectivity index (χ0v) is 22.0. The van der Waals surface area contributed by atoms with E-state index in [1.54, 1.807) is 0 Å². The molecule has 3 heterocycles. The molecule has 1 amide bonds. The number of anilines is 1. The minimum atomic E-state index is -5.08. The highest BCUT2D eigenvalue weighted by Gasteiger charge is 2.43. The van der Waals surface area contributed by atoms with Crippen LogP contribution < -0.4 is 11.1 Å². The first-order chi connectivity index (χ1) is 18.6. The van der Waals surface area contributed by atoms with Gasteiger partial charge in [0.15, 0.2) is 0 Å². The van der Waals surface area contributed by atoms with E-state index in [1.807, 2.05) is 0 Å². The number of alkyl halides is 6. The van der Waals surface area contributed by atoms with Gasteiger partial charge in [0.25, 0.3) is 5.91 Å². The SMILES string of the molecule is Cc1cc(F)cnc1C(=O)Nc1ccc(F)c([C@]2(C)CS(=O)(=NCC(F)(F)F)N(C)C(N)=N2)n1.O=C(O)C(F)(F)F. The summed E-state index contributed by atoms with van der Waals surface area (Å²) < 4.78 is 115. The number of hydrogen-bond donors (Lipinski definition) is 3. The Balaban J connectivity index is 0.000000745. The molecule has 2 atom stereocenters. The van der Waals surface area contributed by atoms with Crippen LogP contribution in [0.3, 0.4) is 0 Å². The monoisotopic (exact) mass is 619 g/mol. The molecule has 11 nitrogen and oxygen atoms in total. The summed E-state index contributed by atoms with van der Waals surface area (Å²) in [5.74, 6) is -6.30. The van der Waals surface area contributed by atoms with Gasteiger partial charge in [-0.05, 0) is 37.6 Å². The van der Waals surface area contributed by atoms with Crippen molar-refractivity contribution >= 4 is 33.6 Å². The number of aryl methyl sites for hydroxylation is 1. The summed E-state index contributed by atoms with van der Waals surface area (Å²) in [6.07, 6.45) is -8.95. The first-order valence-electron chi connectivity index (χ1n) is 10.8. The molecule has 1 unspecified atom stereocenters. The van der Waals surface area contributed by atoms with E-state index in [-0.39, 0.29) is 17.1 Å². The Labute approximate surface area is 226 Å². The summed E-state index contributed by atoms with van der Waals surface area (Å²) in [6, 6.07) is 3.18. The number of rotatable bonds is 4. The third-order valence-electron chi connectivity index (χ3n) is 5.13. The van der Waals surface area contributed by atoms with Crippen LogP contribution in [-0.2, 0) is 20.2 Å². The first kappa shape index (κ1) is 33.1. The smallest absolute Gasteiger partial charge is 0.475 e. The second-order valence-corrected chi connectivity index (χ2v) is 10.8. The van der Waals surface area contributed by atoms with Crippen LogP contribution in [0.5, 0.6) is 0 Å². The second kappa shape index (κ2) is 11.8. The van der Waals surface area contributed by atoms with Crippen molar-refractivity contribution in [2.45, 2.75) is 31.7 Å². The number of nitrogens with zero attached hydrogens (tertiary/aromatic N) is 5. The molecule has 0 spiro atoms. The van der Waals surface area contributed by atoms with E-state index in [1.165, 1.54) is 20.9 Å². The van der Waals surface area contributed by atoms with E-state index in [4.69, 9.17) is 15.6 Å². The highest BCUT2D eigenvalue weighted by Crippen LogP contribution is 2.34. The molecule has 0 aliphatic carbocycles. The van der Waals surface area contributed by atoms with Crippen LogP contribution in [-0.4, -0.2) is 73.1 Å². The predicted molar refractivity (Wildman–Crippen MR) is 128 cm³/mol. The summed E-state index contributed by atoms with van der Waals surface area (Å²) in [7, 11) is -2.60. The number of carbonyl (C=O) groups excluding carboxylic acids is 1. The topological polar surface area (TPSA) is 163 Å². The van der Waals surface area contributed by atoms with Gasteiger partial charge in [-0.1, -0.05) is 0 Å². The van der Waals surface area contributed by atoms with E-state index in [0.717, 1.165) is 28.7 Å². The normalized spacial score (nSPS) is 20.9. The molecule has 4 N–H and O–H groups in total. The van der Waals surface area contributed by atoms with Crippen LogP contribution in [0.4, 0.5) is 40.9 Å². The van der Waals surface area contributed by atoms with E-state index < -0.39 is 75.3 Å². The maximum atomic E-state index is 14.8. The number of guanidine groups is 1. The van der Waals surface area contributed by atoms with Gasteiger partial charge in [0.2, 0.25) is 5.96 Å². The van der Waals surface area contributed by atoms with E-state index in [2.05, 4.69) is 24.6 Å².